The van der Waals surface area contributed by atoms with E-state index < -0.39 is 6.10 Å². The average molecular weight is 555 g/mol. The topological polar surface area (TPSA) is 105 Å². The van der Waals surface area contributed by atoms with Crippen LogP contribution in [0, 0.1) is 13.8 Å². The Morgan fingerprint density at radius 3 is 2.32 bits per heavy atom. The second-order valence-corrected chi connectivity index (χ2v) is 10.4. The molecule has 8 nitrogen and oxygen atoms in total. The number of methoxy groups -OCH3 is 1. The number of aryl methyl sites for hydroxylation is 2. The Hall–Kier alpha value is -4.27. The Kier molecular flexibility index (Phi) is 10.1. The molecule has 2 heterocycles. The number of hydrogen-bond donors (Lipinski definition) is 3. The van der Waals surface area contributed by atoms with Gasteiger partial charge in [-0.1, -0.05) is 42.5 Å². The van der Waals surface area contributed by atoms with Crippen molar-refractivity contribution in [3.8, 4) is 5.82 Å². The summed E-state index contributed by atoms with van der Waals surface area (Å²) in [6.07, 6.45) is 2.10. The van der Waals surface area contributed by atoms with Gasteiger partial charge in [-0.05, 0) is 74.2 Å². The third-order valence-corrected chi connectivity index (χ3v) is 7.08. The number of aromatic nitrogens is 2. The van der Waals surface area contributed by atoms with Gasteiger partial charge in [-0.25, -0.2) is 9.78 Å². The van der Waals surface area contributed by atoms with Crippen LogP contribution >= 0.6 is 0 Å². The Morgan fingerprint density at radius 1 is 0.951 bits per heavy atom. The molecule has 0 saturated heterocycles. The molecule has 0 aliphatic rings. The fourth-order valence-corrected chi connectivity index (χ4v) is 4.80. The van der Waals surface area contributed by atoms with E-state index in [2.05, 4.69) is 39.2 Å². The summed E-state index contributed by atoms with van der Waals surface area (Å²) in [5.74, 6) is 0.377. The van der Waals surface area contributed by atoms with Crippen molar-refractivity contribution in [3.05, 3.63) is 118 Å². The Morgan fingerprint density at radius 2 is 1.66 bits per heavy atom. The zero-order valence-corrected chi connectivity index (χ0v) is 24.1. The van der Waals surface area contributed by atoms with Crippen LogP contribution in [0.1, 0.15) is 57.0 Å². The standard InChI is InChI=1S/C33H38N4O4/c1-22(34-21-30(38)29-14-15-31(35-20-29)37-23(2)8-9-24(37)3)16-26-6-5-7-27(17-26)18-32(39)36-19-25-10-12-28(13-11-25)33(40)41-4/h5-15,17,20,22,30,34,38H,16,18-19,21H2,1-4H3,(H,36,39)/t22?,30-/m0/s1. The van der Waals surface area contributed by atoms with Crippen LogP contribution in [0.2, 0.25) is 0 Å². The molecule has 3 N–H and O–H groups in total. The van der Waals surface area contributed by atoms with E-state index >= 15 is 0 Å². The first kappa shape index (κ1) is 29.7. The second kappa shape index (κ2) is 13.9. The summed E-state index contributed by atoms with van der Waals surface area (Å²) in [6.45, 7) is 6.96. The van der Waals surface area contributed by atoms with Gasteiger partial charge in [0.05, 0.1) is 25.2 Å². The molecule has 8 heteroatoms. The summed E-state index contributed by atoms with van der Waals surface area (Å²) in [6, 6.07) is 23.1. The molecule has 0 spiro atoms. The zero-order chi connectivity index (χ0) is 29.4. The number of ether oxygens (including phenoxy) is 1. The van der Waals surface area contributed by atoms with Gasteiger partial charge in [-0.15, -0.1) is 0 Å². The molecule has 0 bridgehead atoms. The number of benzene rings is 2. The smallest absolute Gasteiger partial charge is 0.337 e. The molecule has 0 radical (unpaired) electrons. The lowest BCUT2D eigenvalue weighted by molar-refractivity contribution is -0.120. The molecule has 214 valence electrons. The number of nitrogens with one attached hydrogen (secondary N) is 2. The highest BCUT2D eigenvalue weighted by Gasteiger charge is 2.13. The van der Waals surface area contributed by atoms with Crippen molar-refractivity contribution < 1.29 is 19.4 Å². The highest BCUT2D eigenvalue weighted by Crippen LogP contribution is 2.18. The van der Waals surface area contributed by atoms with Gasteiger partial charge in [0.2, 0.25) is 5.91 Å². The summed E-state index contributed by atoms with van der Waals surface area (Å²) < 4.78 is 6.79. The number of hydrogen-bond acceptors (Lipinski definition) is 6. The van der Waals surface area contributed by atoms with Crippen LogP contribution in [-0.4, -0.2) is 46.2 Å². The molecule has 2 aromatic carbocycles. The molecule has 1 amide bonds. The zero-order valence-electron chi connectivity index (χ0n) is 24.1. The van der Waals surface area contributed by atoms with E-state index in [1.54, 1.807) is 30.5 Å². The van der Waals surface area contributed by atoms with Crippen molar-refractivity contribution in [1.82, 2.24) is 20.2 Å². The molecule has 4 aromatic rings. The SMILES string of the molecule is COC(=O)c1ccc(CNC(=O)Cc2cccc(CC(C)NC[C@H](O)c3ccc(-n4c(C)ccc4C)nc3)c2)cc1. The van der Waals surface area contributed by atoms with Gasteiger partial charge in [0.15, 0.2) is 0 Å². The predicted octanol–water partition coefficient (Wildman–Crippen LogP) is 4.39. The number of carbonyl (C=O) groups excluding carboxylic acids is 2. The highest BCUT2D eigenvalue weighted by molar-refractivity contribution is 5.89. The van der Waals surface area contributed by atoms with Crippen molar-refractivity contribution >= 4 is 11.9 Å². The van der Waals surface area contributed by atoms with Gasteiger partial charge in [-0.3, -0.25) is 4.79 Å². The van der Waals surface area contributed by atoms with Crippen molar-refractivity contribution in [2.75, 3.05) is 13.7 Å². The number of esters is 1. The first-order chi connectivity index (χ1) is 19.7. The number of nitrogens with zero attached hydrogens (tertiary/aromatic N) is 2. The number of aliphatic hydroxyl groups is 1. The fraction of sp³-hybridized carbons (Fsp3) is 0.303. The lowest BCUT2D eigenvalue weighted by Gasteiger charge is -2.18. The van der Waals surface area contributed by atoms with Crippen LogP contribution in [0.25, 0.3) is 5.82 Å². The molecule has 0 aliphatic heterocycles. The van der Waals surface area contributed by atoms with Gasteiger partial charge in [-0.2, -0.15) is 0 Å². The van der Waals surface area contributed by atoms with Gasteiger partial charge >= 0.3 is 5.97 Å². The largest absolute Gasteiger partial charge is 0.465 e. The molecule has 2 aromatic heterocycles. The van der Waals surface area contributed by atoms with Gasteiger partial charge in [0, 0.05) is 42.3 Å². The van der Waals surface area contributed by atoms with Crippen molar-refractivity contribution in [3.63, 3.8) is 0 Å². The lowest BCUT2D eigenvalue weighted by Crippen LogP contribution is -2.32. The second-order valence-electron chi connectivity index (χ2n) is 10.4. The number of pyridine rings is 1. The van der Waals surface area contributed by atoms with E-state index in [0.717, 1.165) is 45.9 Å². The maximum Gasteiger partial charge on any atom is 0.337 e. The van der Waals surface area contributed by atoms with Gasteiger partial charge in [0.25, 0.3) is 0 Å². The van der Waals surface area contributed by atoms with Crippen LogP contribution in [0.5, 0.6) is 0 Å². The Bertz CT molecular complexity index is 1440. The molecule has 1 unspecified atom stereocenters. The van der Waals surface area contributed by atoms with E-state index in [9.17, 15) is 14.7 Å². The molecule has 41 heavy (non-hydrogen) atoms. The average Bonchev–Trinajstić information content (AvgIpc) is 3.32. The van der Waals surface area contributed by atoms with E-state index in [1.807, 2.05) is 50.2 Å². The maximum absolute atomic E-state index is 12.5. The van der Waals surface area contributed by atoms with Gasteiger partial charge < -0.3 is 25.0 Å². The number of rotatable bonds is 12. The van der Waals surface area contributed by atoms with Crippen LogP contribution < -0.4 is 10.6 Å². The van der Waals surface area contributed by atoms with Crippen LogP contribution in [0.4, 0.5) is 0 Å². The predicted molar refractivity (Wildman–Crippen MR) is 159 cm³/mol. The fourth-order valence-electron chi connectivity index (χ4n) is 4.80. The third-order valence-electron chi connectivity index (χ3n) is 7.08. The highest BCUT2D eigenvalue weighted by atomic mass is 16.5. The molecular weight excluding hydrogens is 516 g/mol. The van der Waals surface area contributed by atoms with E-state index in [4.69, 9.17) is 4.74 Å². The van der Waals surface area contributed by atoms with E-state index in [-0.39, 0.29) is 24.3 Å². The molecule has 0 aliphatic carbocycles. The van der Waals surface area contributed by atoms with Crippen molar-refractivity contribution in [1.29, 1.82) is 0 Å². The molecule has 0 fully saturated rings. The Labute approximate surface area is 241 Å². The quantitative estimate of drug-likeness (QED) is 0.224. The van der Waals surface area contributed by atoms with Gasteiger partial charge in [0.1, 0.15) is 5.82 Å². The minimum atomic E-state index is -0.669. The van der Waals surface area contributed by atoms with Crippen LogP contribution in [-0.2, 0) is 28.9 Å². The number of aliphatic hydroxyl groups excluding tert-OH is 1. The molecule has 4 rings (SSSR count). The Balaban J connectivity index is 1.23. The molecular formula is C33H38N4O4. The monoisotopic (exact) mass is 554 g/mol. The van der Waals surface area contributed by atoms with E-state index in [0.29, 0.717) is 18.7 Å². The first-order valence-electron chi connectivity index (χ1n) is 13.8. The minimum absolute atomic E-state index is 0.0739. The van der Waals surface area contributed by atoms with E-state index in [1.165, 1.54) is 7.11 Å². The normalized spacial score (nSPS) is 12.5. The summed E-state index contributed by atoms with van der Waals surface area (Å²) >= 11 is 0. The summed E-state index contributed by atoms with van der Waals surface area (Å²) in [7, 11) is 1.35. The first-order valence-corrected chi connectivity index (χ1v) is 13.8. The minimum Gasteiger partial charge on any atom is -0.465 e. The number of amides is 1. The maximum atomic E-state index is 12.5. The lowest BCUT2D eigenvalue weighted by atomic mass is 10.0. The van der Waals surface area contributed by atoms with Crippen molar-refractivity contribution in [2.45, 2.75) is 52.3 Å². The molecule has 0 saturated carbocycles. The van der Waals surface area contributed by atoms with Crippen molar-refractivity contribution in [2.24, 2.45) is 0 Å². The van der Waals surface area contributed by atoms with Crippen LogP contribution in [0.15, 0.2) is 79.0 Å². The summed E-state index contributed by atoms with van der Waals surface area (Å²) in [4.78, 5) is 28.7. The summed E-state index contributed by atoms with van der Waals surface area (Å²) in [5, 5.41) is 17.1. The molecule has 2 atom stereocenters. The third kappa shape index (κ3) is 8.13. The summed E-state index contributed by atoms with van der Waals surface area (Å²) in [5.41, 5.74) is 6.43. The number of carbonyl (C=O) groups is 2. The van der Waals surface area contributed by atoms with Crippen LogP contribution in [0.3, 0.4) is 0 Å².